The normalized spacial score (nSPS) is 0.750. The molecule has 0 fully saturated rings. The topological polar surface area (TPSA) is 17.1 Å². The summed E-state index contributed by atoms with van der Waals surface area (Å²) >= 11 is 0.750. The summed E-state index contributed by atoms with van der Waals surface area (Å²) in [5.41, 5.74) is 0. The van der Waals surface area contributed by atoms with E-state index < -0.39 is 0 Å². The molecule has 0 aromatic heterocycles. The molecule has 0 aliphatic carbocycles. The van der Waals surface area contributed by atoms with E-state index in [1.165, 1.54) is 0 Å². The van der Waals surface area contributed by atoms with Crippen molar-refractivity contribution in [3.63, 3.8) is 0 Å². The Bertz CT molecular complexity index is 13.5. The molecule has 0 spiro atoms. The number of hydrogen-bond donors (Lipinski definition) is 0. The van der Waals surface area contributed by atoms with Crippen LogP contribution in [0.2, 0.25) is 0 Å². The van der Waals surface area contributed by atoms with Crippen LogP contribution in [0.1, 0.15) is 2.85 Å². The van der Waals surface area contributed by atoms with Crippen LogP contribution < -0.4 is 0 Å². The minimum atomic E-state index is 0. The Morgan fingerprint density at radius 1 is 1.50 bits per heavy atom. The first-order valence-electron chi connectivity index (χ1n) is 0.204. The van der Waals surface area contributed by atoms with Crippen LogP contribution in [0.25, 0.3) is 0 Å². The molecule has 1 nitrogen and oxygen atoms in total. The van der Waals surface area contributed by atoms with Crippen molar-refractivity contribution < 1.29 is 26.6 Å². The summed E-state index contributed by atoms with van der Waals surface area (Å²) < 4.78 is 8.25. The molecule has 22 valence electrons. The van der Waals surface area contributed by atoms with Gasteiger partial charge in [0, 0.05) is 0 Å². The van der Waals surface area contributed by atoms with Gasteiger partial charge in [-0.25, -0.2) is 0 Å². The van der Waals surface area contributed by atoms with Gasteiger partial charge in [-0.05, 0) is 0 Å². The molecule has 4 heavy (non-hydrogen) atoms. The second-order valence-corrected chi connectivity index (χ2v) is 0. The summed E-state index contributed by atoms with van der Waals surface area (Å²) in [6.07, 6.45) is 0. The van der Waals surface area contributed by atoms with Crippen LogP contribution in [0, 0.1) is 0 Å². The zero-order valence-electron chi connectivity index (χ0n) is 4.32. The molecule has 0 heterocycles. The molecule has 0 aromatic rings. The fourth-order valence-electron chi connectivity index (χ4n) is 0. The van der Waals surface area contributed by atoms with E-state index in [-0.39, 0.29) is 77.9 Å². The van der Waals surface area contributed by atoms with Gasteiger partial charge in [-0.1, -0.05) is 0 Å². The van der Waals surface area contributed by atoms with E-state index in [0.29, 0.717) is 0 Å². The molecule has 0 unspecified atom stereocenters. The standard InChI is InChI=1S/Ba.Bi.O.Ti.5H/q+2;;;;;;;2*-1. The van der Waals surface area contributed by atoms with Crippen LogP contribution in [-0.2, 0) is 23.7 Å². The van der Waals surface area contributed by atoms with Crippen LogP contribution >= 0.6 is 0 Å². The molecule has 0 aliphatic heterocycles. The zero-order valence-corrected chi connectivity index (χ0v) is 13.8. The van der Waals surface area contributed by atoms with Crippen molar-refractivity contribution in [2.75, 3.05) is 0 Å². The molecule has 0 rings (SSSR count). The van der Waals surface area contributed by atoms with Crippen LogP contribution in [0.3, 0.4) is 0 Å². The SMILES string of the molecule is [Ba+2].[BiH3].[H-].[H-].[O]=[Ti]. The zero-order chi connectivity index (χ0) is 2.00. The summed E-state index contributed by atoms with van der Waals surface area (Å²) in [4.78, 5) is 0. The summed E-state index contributed by atoms with van der Waals surface area (Å²) in [6.45, 7) is 0. The van der Waals surface area contributed by atoms with Crippen LogP contribution in [0.5, 0.6) is 0 Å². The van der Waals surface area contributed by atoms with Gasteiger partial charge < -0.3 is 2.85 Å². The monoisotopic (exact) mass is 416 g/mol. The number of rotatable bonds is 0. The molecule has 0 atom stereocenters. The summed E-state index contributed by atoms with van der Waals surface area (Å²) in [5, 5.41) is 0. The van der Waals surface area contributed by atoms with Crippen molar-refractivity contribution in [3.05, 3.63) is 0 Å². The van der Waals surface area contributed by atoms with Crippen molar-refractivity contribution >= 4 is 75.1 Å². The first kappa shape index (κ1) is 15.8. The third-order valence-corrected chi connectivity index (χ3v) is 0. The van der Waals surface area contributed by atoms with Crippen LogP contribution in [0.15, 0.2) is 0 Å². The van der Waals surface area contributed by atoms with Gasteiger partial charge in [0.1, 0.15) is 0 Å². The Morgan fingerprint density at radius 3 is 1.50 bits per heavy atom. The molecule has 0 saturated carbocycles. The molecule has 4 heteroatoms. The molecule has 0 saturated heterocycles. The quantitative estimate of drug-likeness (QED) is 0.443. The van der Waals surface area contributed by atoms with Crippen molar-refractivity contribution in [2.24, 2.45) is 0 Å². The van der Waals surface area contributed by atoms with Crippen molar-refractivity contribution in [3.8, 4) is 0 Å². The molecule has 0 aliphatic rings. The van der Waals surface area contributed by atoms with Gasteiger partial charge in [0.05, 0.1) is 0 Å². The molecular weight excluding hydrogens is 410 g/mol. The first-order valence-corrected chi connectivity index (χ1v) is 0.842. The van der Waals surface area contributed by atoms with Gasteiger partial charge in [0.2, 0.25) is 0 Å². The third kappa shape index (κ3) is 8.88. The van der Waals surface area contributed by atoms with E-state index in [9.17, 15) is 0 Å². The van der Waals surface area contributed by atoms with Gasteiger partial charge >= 0.3 is 98.8 Å². The maximum absolute atomic E-state index is 8.25. The summed E-state index contributed by atoms with van der Waals surface area (Å²) in [6, 6.07) is 0. The van der Waals surface area contributed by atoms with Gasteiger partial charge in [-0.3, -0.25) is 0 Å². The van der Waals surface area contributed by atoms with Gasteiger partial charge in [0.25, 0.3) is 0 Å². The Balaban J connectivity index is -0.000000000833. The average molecular weight is 415 g/mol. The summed E-state index contributed by atoms with van der Waals surface area (Å²) in [5.74, 6) is 0. The molecule has 0 radical (unpaired) electrons. The Morgan fingerprint density at radius 2 is 1.50 bits per heavy atom. The molecule has 0 aromatic carbocycles. The maximum atomic E-state index is 8.25. The molecule has 0 N–H and O–H groups in total. The predicted octanol–water partition coefficient (Wildman–Crippen LogP) is -1.46. The first-order chi connectivity index (χ1) is 1.00. The van der Waals surface area contributed by atoms with E-state index in [1.54, 1.807) is 0 Å². The van der Waals surface area contributed by atoms with Gasteiger partial charge in [0.15, 0.2) is 0 Å². The van der Waals surface area contributed by atoms with E-state index in [1.807, 2.05) is 0 Å². The molecular formula is H5BaBiOTi. The van der Waals surface area contributed by atoms with Crippen LogP contribution in [-0.4, -0.2) is 75.1 Å². The Hall–Kier alpha value is 2.97. The van der Waals surface area contributed by atoms with Gasteiger partial charge in [-0.2, -0.15) is 0 Å². The van der Waals surface area contributed by atoms with E-state index in [0.717, 1.165) is 20.4 Å². The Kier molecular flexibility index (Phi) is 65.9. The second-order valence-electron chi connectivity index (χ2n) is 0. The van der Waals surface area contributed by atoms with Crippen molar-refractivity contribution in [2.45, 2.75) is 0 Å². The fraction of sp³-hybridized carbons (Fsp3) is 0. The van der Waals surface area contributed by atoms with Gasteiger partial charge in [-0.15, -0.1) is 0 Å². The minimum absolute atomic E-state index is 0. The molecule has 0 amide bonds. The molecule has 0 bridgehead atoms. The van der Waals surface area contributed by atoms with E-state index in [2.05, 4.69) is 0 Å². The summed E-state index contributed by atoms with van der Waals surface area (Å²) in [7, 11) is 0. The van der Waals surface area contributed by atoms with Crippen LogP contribution in [0.4, 0.5) is 0 Å². The fourth-order valence-corrected chi connectivity index (χ4v) is 0. The van der Waals surface area contributed by atoms with Crippen molar-refractivity contribution in [1.29, 1.82) is 0 Å². The third-order valence-electron chi connectivity index (χ3n) is 0. The predicted molar refractivity (Wildman–Crippen MR) is 18.6 cm³/mol. The van der Waals surface area contributed by atoms with E-state index in [4.69, 9.17) is 3.32 Å². The van der Waals surface area contributed by atoms with Crippen molar-refractivity contribution in [1.82, 2.24) is 0 Å². The second kappa shape index (κ2) is 16.7. The Labute approximate surface area is 99.2 Å². The number of hydrogen-bond acceptors (Lipinski definition) is 1. The van der Waals surface area contributed by atoms with E-state index >= 15 is 0 Å². The average Bonchev–Trinajstić information content (AvgIpc) is 1.00.